The van der Waals surface area contributed by atoms with Gasteiger partial charge >= 0.3 is 0 Å². The second kappa shape index (κ2) is 4.62. The van der Waals surface area contributed by atoms with Gasteiger partial charge < -0.3 is 5.73 Å². The topological polar surface area (TPSA) is 43.1 Å². The number of ketones is 1. The minimum Gasteiger partial charge on any atom is -0.324 e. The van der Waals surface area contributed by atoms with Gasteiger partial charge in [0, 0.05) is 18.4 Å². The van der Waals surface area contributed by atoms with Crippen molar-refractivity contribution in [2.75, 3.05) is 0 Å². The average molecular weight is 215 g/mol. The number of nitrogens with two attached hydrogens (primary N) is 1. The summed E-state index contributed by atoms with van der Waals surface area (Å²) in [4.78, 5) is 12.0. The van der Waals surface area contributed by atoms with Gasteiger partial charge in [-0.25, -0.2) is 0 Å². The molecule has 2 N–H and O–H groups in total. The van der Waals surface area contributed by atoms with E-state index < -0.39 is 0 Å². The zero-order valence-corrected chi connectivity index (χ0v) is 9.52. The number of rotatable bonds is 3. The standard InChI is InChI=1S/C14H17NO/c1-10-3-2-4-11(7-10)8-14(16)12-5-6-13(15)9-12/h2-7,12-13H,8-9,15H2,1H3. The molecule has 2 heteroatoms. The van der Waals surface area contributed by atoms with Crippen molar-refractivity contribution in [3.8, 4) is 0 Å². The first kappa shape index (κ1) is 11.1. The molecule has 0 fully saturated rings. The summed E-state index contributed by atoms with van der Waals surface area (Å²) in [5.74, 6) is 0.297. The van der Waals surface area contributed by atoms with Crippen LogP contribution in [0.5, 0.6) is 0 Å². The normalized spacial score (nSPS) is 23.6. The number of aryl methyl sites for hydroxylation is 1. The molecule has 0 saturated carbocycles. The monoisotopic (exact) mass is 215 g/mol. The predicted octanol–water partition coefficient (Wildman–Crippen LogP) is 2.01. The number of hydrogen-bond donors (Lipinski definition) is 1. The Morgan fingerprint density at radius 3 is 2.88 bits per heavy atom. The molecule has 0 heterocycles. The number of carbonyl (C=O) groups excluding carboxylic acids is 1. The van der Waals surface area contributed by atoms with Gasteiger partial charge in [-0.2, -0.15) is 0 Å². The zero-order chi connectivity index (χ0) is 11.5. The van der Waals surface area contributed by atoms with Crippen LogP contribution in [0.15, 0.2) is 36.4 Å². The molecule has 1 aliphatic rings. The molecule has 0 aliphatic heterocycles. The van der Waals surface area contributed by atoms with Gasteiger partial charge in [-0.05, 0) is 18.9 Å². The molecule has 2 nitrogen and oxygen atoms in total. The number of allylic oxidation sites excluding steroid dienone is 1. The second-order valence-electron chi connectivity index (χ2n) is 4.52. The Morgan fingerprint density at radius 1 is 1.44 bits per heavy atom. The Balaban J connectivity index is 2.00. The van der Waals surface area contributed by atoms with Crippen LogP contribution in [0.4, 0.5) is 0 Å². The molecule has 0 aromatic heterocycles. The van der Waals surface area contributed by atoms with E-state index >= 15 is 0 Å². The van der Waals surface area contributed by atoms with Gasteiger partial charge in [0.15, 0.2) is 0 Å². The van der Waals surface area contributed by atoms with Crippen LogP contribution in [-0.2, 0) is 11.2 Å². The van der Waals surface area contributed by atoms with Crippen LogP contribution in [0.3, 0.4) is 0 Å². The third kappa shape index (κ3) is 2.58. The summed E-state index contributed by atoms with van der Waals surface area (Å²) >= 11 is 0. The highest BCUT2D eigenvalue weighted by Crippen LogP contribution is 2.19. The van der Waals surface area contributed by atoms with Gasteiger partial charge in [0.2, 0.25) is 0 Å². The van der Waals surface area contributed by atoms with Crippen molar-refractivity contribution < 1.29 is 4.79 Å². The first-order chi connectivity index (χ1) is 7.65. The Labute approximate surface area is 96.2 Å². The van der Waals surface area contributed by atoms with Crippen molar-refractivity contribution in [1.29, 1.82) is 0 Å². The molecular formula is C14H17NO. The van der Waals surface area contributed by atoms with E-state index in [1.807, 2.05) is 37.3 Å². The molecule has 0 saturated heterocycles. The summed E-state index contributed by atoms with van der Waals surface area (Å²) in [7, 11) is 0. The van der Waals surface area contributed by atoms with Crippen LogP contribution in [0.2, 0.25) is 0 Å². The molecule has 0 radical (unpaired) electrons. The molecule has 0 amide bonds. The van der Waals surface area contributed by atoms with Gasteiger partial charge in [0.1, 0.15) is 5.78 Å². The van der Waals surface area contributed by atoms with E-state index in [1.165, 1.54) is 5.56 Å². The number of Topliss-reactive ketones (excluding diaryl/α,β-unsaturated/α-hetero) is 1. The summed E-state index contributed by atoms with van der Waals surface area (Å²) in [6.07, 6.45) is 5.16. The minimum atomic E-state index is 0.0236. The van der Waals surface area contributed by atoms with Crippen LogP contribution in [-0.4, -0.2) is 11.8 Å². The van der Waals surface area contributed by atoms with Gasteiger partial charge in [-0.3, -0.25) is 4.79 Å². The third-order valence-corrected chi connectivity index (χ3v) is 2.99. The Hall–Kier alpha value is -1.41. The largest absolute Gasteiger partial charge is 0.324 e. The molecule has 0 spiro atoms. The van der Waals surface area contributed by atoms with Crippen LogP contribution >= 0.6 is 0 Å². The third-order valence-electron chi connectivity index (χ3n) is 2.99. The highest BCUT2D eigenvalue weighted by atomic mass is 16.1. The van der Waals surface area contributed by atoms with Crippen molar-refractivity contribution in [2.45, 2.75) is 25.8 Å². The van der Waals surface area contributed by atoms with Crippen LogP contribution in [0, 0.1) is 12.8 Å². The molecule has 0 bridgehead atoms. The van der Waals surface area contributed by atoms with Crippen molar-refractivity contribution >= 4 is 5.78 Å². The SMILES string of the molecule is Cc1cccc(CC(=O)C2C=CC(N)C2)c1. The summed E-state index contributed by atoms with van der Waals surface area (Å²) in [5, 5.41) is 0. The van der Waals surface area contributed by atoms with Crippen molar-refractivity contribution in [3.05, 3.63) is 47.5 Å². The van der Waals surface area contributed by atoms with Crippen molar-refractivity contribution in [1.82, 2.24) is 0 Å². The van der Waals surface area contributed by atoms with Crippen LogP contribution < -0.4 is 5.73 Å². The van der Waals surface area contributed by atoms with Gasteiger partial charge in [0.05, 0.1) is 0 Å². The molecule has 84 valence electrons. The highest BCUT2D eigenvalue weighted by molar-refractivity contribution is 5.85. The summed E-state index contributed by atoms with van der Waals surface area (Å²) in [6.45, 7) is 2.04. The van der Waals surface area contributed by atoms with E-state index in [0.717, 1.165) is 12.0 Å². The lowest BCUT2D eigenvalue weighted by Crippen LogP contribution is -2.20. The maximum atomic E-state index is 12.0. The lowest BCUT2D eigenvalue weighted by atomic mass is 9.96. The fourth-order valence-electron chi connectivity index (χ4n) is 2.12. The van der Waals surface area contributed by atoms with Gasteiger partial charge in [-0.1, -0.05) is 42.0 Å². The second-order valence-corrected chi connectivity index (χ2v) is 4.52. The molecule has 1 aliphatic carbocycles. The maximum absolute atomic E-state index is 12.0. The van der Waals surface area contributed by atoms with E-state index in [9.17, 15) is 4.79 Å². The smallest absolute Gasteiger partial charge is 0.144 e. The fraction of sp³-hybridized carbons (Fsp3) is 0.357. The number of benzene rings is 1. The van der Waals surface area contributed by atoms with E-state index in [0.29, 0.717) is 6.42 Å². The Bertz CT molecular complexity index is 422. The Kier molecular flexibility index (Phi) is 3.20. The van der Waals surface area contributed by atoms with Crippen molar-refractivity contribution in [2.24, 2.45) is 11.7 Å². The molecule has 2 unspecified atom stereocenters. The summed E-state index contributed by atoms with van der Waals surface area (Å²) < 4.78 is 0. The predicted molar refractivity (Wildman–Crippen MR) is 65.1 cm³/mol. The quantitative estimate of drug-likeness (QED) is 0.784. The minimum absolute atomic E-state index is 0.0236. The molecule has 2 atom stereocenters. The lowest BCUT2D eigenvalue weighted by molar-refractivity contribution is -0.120. The fourth-order valence-corrected chi connectivity index (χ4v) is 2.12. The highest BCUT2D eigenvalue weighted by Gasteiger charge is 2.22. The molecule has 2 rings (SSSR count). The van der Waals surface area contributed by atoms with Crippen LogP contribution in [0.1, 0.15) is 17.5 Å². The number of carbonyl (C=O) groups is 1. The van der Waals surface area contributed by atoms with E-state index in [-0.39, 0.29) is 17.7 Å². The lowest BCUT2D eigenvalue weighted by Gasteiger charge is -2.08. The Morgan fingerprint density at radius 2 is 2.25 bits per heavy atom. The van der Waals surface area contributed by atoms with Crippen molar-refractivity contribution in [3.63, 3.8) is 0 Å². The maximum Gasteiger partial charge on any atom is 0.144 e. The molecular weight excluding hydrogens is 198 g/mol. The van der Waals surface area contributed by atoms with E-state index in [4.69, 9.17) is 5.73 Å². The van der Waals surface area contributed by atoms with Crippen LogP contribution in [0.25, 0.3) is 0 Å². The first-order valence-electron chi connectivity index (χ1n) is 5.67. The van der Waals surface area contributed by atoms with E-state index in [2.05, 4.69) is 6.07 Å². The number of hydrogen-bond acceptors (Lipinski definition) is 2. The average Bonchev–Trinajstić information content (AvgIpc) is 2.65. The zero-order valence-electron chi connectivity index (χ0n) is 9.52. The van der Waals surface area contributed by atoms with Gasteiger partial charge in [-0.15, -0.1) is 0 Å². The molecule has 1 aromatic rings. The first-order valence-corrected chi connectivity index (χ1v) is 5.67. The summed E-state index contributed by atoms with van der Waals surface area (Å²) in [6, 6.07) is 8.17. The summed E-state index contributed by atoms with van der Waals surface area (Å²) in [5.41, 5.74) is 8.04. The molecule has 16 heavy (non-hydrogen) atoms. The molecule has 1 aromatic carbocycles. The van der Waals surface area contributed by atoms with Gasteiger partial charge in [0.25, 0.3) is 0 Å². The van der Waals surface area contributed by atoms with E-state index in [1.54, 1.807) is 0 Å².